The highest BCUT2D eigenvalue weighted by molar-refractivity contribution is 5.68. The number of halogens is 1. The quantitative estimate of drug-likeness (QED) is 0.627. The maximum absolute atomic E-state index is 12.4. The number of nitrogens with zero attached hydrogens (tertiary/aromatic N) is 2. The van der Waals surface area contributed by atoms with Crippen LogP contribution >= 0.6 is 0 Å². The Hall–Kier alpha value is -1.51. The summed E-state index contributed by atoms with van der Waals surface area (Å²) in [4.78, 5) is 7.80. The predicted molar refractivity (Wildman–Crippen MR) is 45.9 cm³/mol. The lowest BCUT2D eigenvalue weighted by Crippen LogP contribution is -1.85. The summed E-state index contributed by atoms with van der Waals surface area (Å²) in [7, 11) is 0. The molecule has 0 aliphatic heterocycles. The predicted octanol–water partition coefficient (Wildman–Crippen LogP) is 2.36. The maximum Gasteiger partial charge on any atom is 0.0975 e. The Morgan fingerprint density at radius 2 is 2.33 bits per heavy atom. The zero-order valence-electron chi connectivity index (χ0n) is 6.79. The van der Waals surface area contributed by atoms with Crippen molar-refractivity contribution in [1.82, 2.24) is 9.97 Å². The van der Waals surface area contributed by atoms with Crippen molar-refractivity contribution < 1.29 is 4.39 Å². The van der Waals surface area contributed by atoms with Gasteiger partial charge in [0.05, 0.1) is 17.7 Å². The number of aromatic nitrogens is 2. The normalized spacial score (nSPS) is 11.3. The first-order valence-corrected chi connectivity index (χ1v) is 3.49. The second-order valence-electron chi connectivity index (χ2n) is 2.35. The van der Waals surface area contributed by atoms with Gasteiger partial charge < -0.3 is 0 Å². The van der Waals surface area contributed by atoms with E-state index in [0.717, 1.165) is 0 Å². The number of rotatable bonds is 2. The fourth-order valence-corrected chi connectivity index (χ4v) is 0.779. The van der Waals surface area contributed by atoms with E-state index in [1.807, 2.05) is 0 Å². The smallest absolute Gasteiger partial charge is 0.0975 e. The molecule has 0 saturated heterocycles. The summed E-state index contributed by atoms with van der Waals surface area (Å²) in [6.45, 7) is 5.01. The van der Waals surface area contributed by atoms with Crippen LogP contribution in [0.2, 0.25) is 0 Å². The molecule has 12 heavy (non-hydrogen) atoms. The third kappa shape index (κ3) is 2.27. The number of hydrogen-bond donors (Lipinski definition) is 0. The topological polar surface area (TPSA) is 25.8 Å². The summed E-state index contributed by atoms with van der Waals surface area (Å²) < 4.78 is 12.4. The van der Waals surface area contributed by atoms with Gasteiger partial charge in [-0.05, 0) is 18.6 Å². The molecule has 0 aliphatic carbocycles. The molecule has 0 amide bonds. The second kappa shape index (κ2) is 3.76. The Morgan fingerprint density at radius 3 is 2.83 bits per heavy atom. The average Bonchev–Trinajstić information content (AvgIpc) is 2.05. The molecule has 0 aliphatic rings. The third-order valence-corrected chi connectivity index (χ3v) is 1.27. The number of hydrogen-bond acceptors (Lipinski definition) is 2. The van der Waals surface area contributed by atoms with E-state index >= 15 is 0 Å². The van der Waals surface area contributed by atoms with Gasteiger partial charge in [-0.15, -0.1) is 0 Å². The van der Waals surface area contributed by atoms with Crippen molar-refractivity contribution in [3.63, 3.8) is 0 Å². The fraction of sp³-hybridized carbons (Fsp3) is 0.111. The van der Waals surface area contributed by atoms with Gasteiger partial charge in [-0.25, -0.2) is 4.39 Å². The Bertz CT molecular complexity index is 300. The monoisotopic (exact) mass is 164 g/mol. The summed E-state index contributed by atoms with van der Waals surface area (Å²) in [5.74, 6) is -0.286. The summed E-state index contributed by atoms with van der Waals surface area (Å²) in [5.41, 5.74) is 1.12. The van der Waals surface area contributed by atoms with Crippen LogP contribution in [0.25, 0.3) is 5.57 Å². The molecule has 2 nitrogen and oxygen atoms in total. The van der Waals surface area contributed by atoms with Gasteiger partial charge in [-0.1, -0.05) is 6.58 Å². The standard InChI is InChI=1S/C9H9FN2/c1-7(5-8(2)10)9-6-11-3-4-12-9/h3-6H,1H2,2H3/b8-5+. The highest BCUT2D eigenvalue weighted by Gasteiger charge is 1.96. The molecule has 0 aromatic carbocycles. The van der Waals surface area contributed by atoms with Crippen LogP contribution in [0.4, 0.5) is 4.39 Å². The van der Waals surface area contributed by atoms with Crippen molar-refractivity contribution in [2.75, 3.05) is 0 Å². The molecule has 0 bridgehead atoms. The molecule has 62 valence electrons. The Balaban J connectivity index is 2.87. The summed E-state index contributed by atoms with van der Waals surface area (Å²) in [6.07, 6.45) is 5.97. The van der Waals surface area contributed by atoms with Gasteiger partial charge in [0.25, 0.3) is 0 Å². The first-order chi connectivity index (χ1) is 5.70. The summed E-state index contributed by atoms with van der Waals surface area (Å²) >= 11 is 0. The van der Waals surface area contributed by atoms with Crippen LogP contribution in [-0.4, -0.2) is 9.97 Å². The molecule has 0 radical (unpaired) electrons. The first-order valence-electron chi connectivity index (χ1n) is 3.49. The van der Waals surface area contributed by atoms with Crippen LogP contribution in [0.3, 0.4) is 0 Å². The maximum atomic E-state index is 12.4. The summed E-state index contributed by atoms with van der Waals surface area (Å²) in [6, 6.07) is 0. The largest absolute Gasteiger partial charge is 0.261 e. The van der Waals surface area contributed by atoms with Crippen molar-refractivity contribution in [2.24, 2.45) is 0 Å². The van der Waals surface area contributed by atoms with Gasteiger partial charge in [0.15, 0.2) is 0 Å². The van der Waals surface area contributed by atoms with E-state index in [1.54, 1.807) is 18.6 Å². The van der Waals surface area contributed by atoms with Crippen molar-refractivity contribution >= 4 is 5.57 Å². The van der Waals surface area contributed by atoms with Gasteiger partial charge in [0.2, 0.25) is 0 Å². The minimum absolute atomic E-state index is 0.286. The SMILES string of the molecule is C=C(/C=C(\C)F)c1cnccn1. The van der Waals surface area contributed by atoms with E-state index in [4.69, 9.17) is 0 Å². The molecule has 0 atom stereocenters. The van der Waals surface area contributed by atoms with Crippen LogP contribution in [0.1, 0.15) is 12.6 Å². The molecule has 0 N–H and O–H groups in total. The minimum atomic E-state index is -0.286. The molecule has 0 fully saturated rings. The van der Waals surface area contributed by atoms with Crippen LogP contribution in [-0.2, 0) is 0 Å². The lowest BCUT2D eigenvalue weighted by atomic mass is 10.2. The molecular weight excluding hydrogens is 155 g/mol. The van der Waals surface area contributed by atoms with Crippen LogP contribution in [0, 0.1) is 0 Å². The van der Waals surface area contributed by atoms with Crippen molar-refractivity contribution in [1.29, 1.82) is 0 Å². The molecule has 1 heterocycles. The van der Waals surface area contributed by atoms with E-state index in [9.17, 15) is 4.39 Å². The van der Waals surface area contributed by atoms with Gasteiger partial charge in [0, 0.05) is 12.4 Å². The number of allylic oxidation sites excluding steroid dienone is 3. The Morgan fingerprint density at radius 1 is 1.58 bits per heavy atom. The Labute approximate surface area is 70.5 Å². The molecule has 3 heteroatoms. The molecule has 0 spiro atoms. The van der Waals surface area contributed by atoms with Gasteiger partial charge in [-0.3, -0.25) is 9.97 Å². The van der Waals surface area contributed by atoms with Crippen LogP contribution in [0.5, 0.6) is 0 Å². The first kappa shape index (κ1) is 8.59. The van der Waals surface area contributed by atoms with Gasteiger partial charge in [-0.2, -0.15) is 0 Å². The fourth-order valence-electron chi connectivity index (χ4n) is 0.779. The molecule has 0 saturated carbocycles. The van der Waals surface area contributed by atoms with E-state index in [-0.39, 0.29) is 5.83 Å². The molecule has 1 aromatic heterocycles. The van der Waals surface area contributed by atoms with Crippen LogP contribution < -0.4 is 0 Å². The zero-order valence-corrected chi connectivity index (χ0v) is 6.79. The molecule has 1 rings (SSSR count). The highest BCUT2D eigenvalue weighted by Crippen LogP contribution is 2.11. The van der Waals surface area contributed by atoms with Crippen molar-refractivity contribution in [2.45, 2.75) is 6.92 Å². The van der Waals surface area contributed by atoms with E-state index < -0.39 is 0 Å². The molecule has 0 unspecified atom stereocenters. The van der Waals surface area contributed by atoms with E-state index in [1.165, 1.54) is 13.0 Å². The van der Waals surface area contributed by atoms with Gasteiger partial charge in [0.1, 0.15) is 0 Å². The van der Waals surface area contributed by atoms with E-state index in [0.29, 0.717) is 11.3 Å². The van der Waals surface area contributed by atoms with E-state index in [2.05, 4.69) is 16.5 Å². The zero-order chi connectivity index (χ0) is 8.97. The lowest BCUT2D eigenvalue weighted by molar-refractivity contribution is 0.641. The second-order valence-corrected chi connectivity index (χ2v) is 2.35. The average molecular weight is 164 g/mol. The Kier molecular flexibility index (Phi) is 2.69. The van der Waals surface area contributed by atoms with Gasteiger partial charge >= 0.3 is 0 Å². The lowest BCUT2D eigenvalue weighted by Gasteiger charge is -1.96. The van der Waals surface area contributed by atoms with Crippen molar-refractivity contribution in [3.05, 3.63) is 42.8 Å². The minimum Gasteiger partial charge on any atom is -0.261 e. The van der Waals surface area contributed by atoms with Crippen molar-refractivity contribution in [3.8, 4) is 0 Å². The molecular formula is C9H9FN2. The highest BCUT2D eigenvalue weighted by atomic mass is 19.1. The molecule has 1 aromatic rings. The third-order valence-electron chi connectivity index (χ3n) is 1.27. The van der Waals surface area contributed by atoms with Crippen LogP contribution in [0.15, 0.2) is 37.1 Å². The summed E-state index contributed by atoms with van der Waals surface area (Å²) in [5, 5.41) is 0.